The van der Waals surface area contributed by atoms with Gasteiger partial charge in [-0.25, -0.2) is 0 Å². The van der Waals surface area contributed by atoms with Gasteiger partial charge in [-0.15, -0.1) is 0 Å². The molecule has 0 spiro atoms. The summed E-state index contributed by atoms with van der Waals surface area (Å²) in [6.45, 7) is 5.18. The summed E-state index contributed by atoms with van der Waals surface area (Å²) in [5, 5.41) is 75.4. The molecule has 0 aromatic carbocycles. The van der Waals surface area contributed by atoms with Crippen LogP contribution in [0.1, 0.15) is 72.6 Å². The van der Waals surface area contributed by atoms with E-state index < -0.39 is 110 Å². The summed E-state index contributed by atoms with van der Waals surface area (Å²) in [7, 11) is 0. The van der Waals surface area contributed by atoms with E-state index in [0.717, 1.165) is 0 Å². The van der Waals surface area contributed by atoms with Crippen LogP contribution in [0, 0.1) is 5.92 Å². The summed E-state index contributed by atoms with van der Waals surface area (Å²) < 4.78 is 33.1. The summed E-state index contributed by atoms with van der Waals surface area (Å²) in [5.41, 5.74) is 0. The Kier molecular flexibility index (Phi) is 28.1. The fourth-order valence-electron chi connectivity index (χ4n) is 6.68. The number of nitrogens with one attached hydrogen (secondary N) is 6. The van der Waals surface area contributed by atoms with Crippen molar-refractivity contribution < 1.29 is 92.6 Å². The molecule has 11 atom stereocenters. The molecule has 0 saturated carbocycles. The lowest BCUT2D eigenvalue weighted by Crippen LogP contribution is -2.64. The second-order valence-electron chi connectivity index (χ2n) is 16.1. The van der Waals surface area contributed by atoms with Gasteiger partial charge in [-0.05, 0) is 19.3 Å². The first-order valence-electron chi connectivity index (χ1n) is 22.2. The number of Topliss-reactive ketones (excluding diaryl/α,β-unsaturated/α-hetero) is 1. The molecule has 6 amide bonds. The number of carbonyl (C=O) groups excluding carboxylic acids is 7. The number of aliphatic hydroxyl groups is 6. The number of rotatable bonds is 32. The molecule has 2 aliphatic rings. The highest BCUT2D eigenvalue weighted by Crippen LogP contribution is 2.23. The van der Waals surface area contributed by atoms with Gasteiger partial charge >= 0.3 is 0 Å². The first-order chi connectivity index (χ1) is 31.4. The van der Waals surface area contributed by atoms with E-state index in [9.17, 15) is 64.2 Å². The quantitative estimate of drug-likeness (QED) is 0.0280. The summed E-state index contributed by atoms with van der Waals surface area (Å²) >= 11 is 0. The van der Waals surface area contributed by atoms with E-state index in [1.807, 2.05) is 0 Å². The summed E-state index contributed by atoms with van der Waals surface area (Å²) in [6, 6.07) is -3.30. The van der Waals surface area contributed by atoms with E-state index in [0.29, 0.717) is 6.42 Å². The van der Waals surface area contributed by atoms with Gasteiger partial charge in [0.2, 0.25) is 35.4 Å². The van der Waals surface area contributed by atoms with Crippen LogP contribution in [0.3, 0.4) is 0 Å². The number of aliphatic hydroxyl groups excluding tert-OH is 6. The molecule has 25 nitrogen and oxygen atoms in total. The molecule has 2 rings (SSSR count). The van der Waals surface area contributed by atoms with Crippen LogP contribution in [0.5, 0.6) is 0 Å². The van der Waals surface area contributed by atoms with Gasteiger partial charge in [0.1, 0.15) is 60.5 Å². The molecule has 2 aliphatic heterocycles. The highest BCUT2D eigenvalue weighted by atomic mass is 16.7. The lowest BCUT2D eigenvalue weighted by molar-refractivity contribution is -0.272. The number of hydrogen-bond donors (Lipinski definition) is 12. The molecular weight excluding hydrogens is 880 g/mol. The molecule has 2 saturated heterocycles. The molecular formula is C41H72N6O19. The zero-order valence-electron chi connectivity index (χ0n) is 38.1. The van der Waals surface area contributed by atoms with Crippen molar-refractivity contribution in [3.05, 3.63) is 0 Å². The molecule has 0 aliphatic carbocycles. The standard InChI is InChI=1S/C41H72N6O19/c1-23(2)27(52)7-5-8-32(55)47-26(39(60)44-14-16-62-18-20-64-41-34(46-25(4)51)38(59)36(57)29(22-49)66-41)10-11-31(54)42-12-6-9-30(53)43-13-15-61-17-19-63-40-33(45-24(3)50)37(58)35(56)28(21-48)65-40/h23,26,28-29,33-38,40-41,48-49,56-59H,5-22H2,1-4H3,(H,42,54)(H,43,53)(H,44,60)(H,45,50)(H,46,51)(H,47,55). The van der Waals surface area contributed by atoms with Gasteiger partial charge in [0.25, 0.3) is 0 Å². The zero-order valence-corrected chi connectivity index (χ0v) is 38.1. The minimum Gasteiger partial charge on any atom is -0.394 e. The molecule has 0 radical (unpaired) electrons. The van der Waals surface area contributed by atoms with Crippen LogP contribution in [0.4, 0.5) is 0 Å². The van der Waals surface area contributed by atoms with E-state index >= 15 is 0 Å². The van der Waals surface area contributed by atoms with Crippen LogP contribution in [0.2, 0.25) is 0 Å². The van der Waals surface area contributed by atoms with Crippen LogP contribution in [-0.4, -0.2) is 212 Å². The van der Waals surface area contributed by atoms with Crippen molar-refractivity contribution in [3.8, 4) is 0 Å². The third-order valence-electron chi connectivity index (χ3n) is 10.3. The summed E-state index contributed by atoms with van der Waals surface area (Å²) in [6.07, 6.45) is -9.78. The maximum absolute atomic E-state index is 13.1. The van der Waals surface area contributed by atoms with Gasteiger partial charge < -0.3 is 91.0 Å². The zero-order chi connectivity index (χ0) is 49.2. The van der Waals surface area contributed by atoms with Crippen molar-refractivity contribution in [2.24, 2.45) is 5.92 Å². The maximum Gasteiger partial charge on any atom is 0.242 e. The van der Waals surface area contributed by atoms with Crippen molar-refractivity contribution in [1.82, 2.24) is 31.9 Å². The Bertz CT molecular complexity index is 1510. The van der Waals surface area contributed by atoms with Crippen LogP contribution < -0.4 is 31.9 Å². The summed E-state index contributed by atoms with van der Waals surface area (Å²) in [5.74, 6) is -2.93. The minimum atomic E-state index is -1.47. The van der Waals surface area contributed by atoms with E-state index in [1.165, 1.54) is 13.8 Å². The number of amides is 6. The molecule has 0 aromatic heterocycles. The average Bonchev–Trinajstić information content (AvgIpc) is 3.27. The molecule has 25 heteroatoms. The number of hydrogen-bond acceptors (Lipinski definition) is 19. The second-order valence-corrected chi connectivity index (χ2v) is 16.1. The van der Waals surface area contributed by atoms with Crippen molar-refractivity contribution in [2.45, 2.75) is 140 Å². The molecule has 2 heterocycles. The SMILES string of the molecule is CC(=O)NC1C(OCCOCCNC(=O)CCCNC(=O)CCC(NC(=O)CCCC(=O)C(C)C)C(=O)NCCOCCOC2OC(CO)C(O)C(O)C2NC(C)=O)OC(CO)C(O)C1O. The predicted octanol–water partition coefficient (Wildman–Crippen LogP) is -5.27. The Morgan fingerprint density at radius 2 is 1.03 bits per heavy atom. The second kappa shape index (κ2) is 31.9. The monoisotopic (exact) mass is 952 g/mol. The number of ketones is 1. The van der Waals surface area contributed by atoms with Gasteiger partial charge in [0, 0.05) is 65.1 Å². The van der Waals surface area contributed by atoms with E-state index in [2.05, 4.69) is 31.9 Å². The van der Waals surface area contributed by atoms with Gasteiger partial charge in [-0.2, -0.15) is 0 Å². The third-order valence-corrected chi connectivity index (χ3v) is 10.3. The van der Waals surface area contributed by atoms with E-state index in [1.54, 1.807) is 13.8 Å². The van der Waals surface area contributed by atoms with E-state index in [4.69, 9.17) is 28.4 Å². The Morgan fingerprint density at radius 1 is 0.561 bits per heavy atom. The highest BCUT2D eigenvalue weighted by molar-refractivity contribution is 5.88. The Balaban J connectivity index is 1.71. The number of ether oxygens (including phenoxy) is 6. The van der Waals surface area contributed by atoms with Crippen molar-refractivity contribution in [1.29, 1.82) is 0 Å². The van der Waals surface area contributed by atoms with Gasteiger partial charge in [0.15, 0.2) is 12.6 Å². The van der Waals surface area contributed by atoms with Crippen LogP contribution in [0.25, 0.3) is 0 Å². The lowest BCUT2D eigenvalue weighted by Gasteiger charge is -2.42. The molecule has 11 unspecified atom stereocenters. The van der Waals surface area contributed by atoms with Crippen LogP contribution in [0.15, 0.2) is 0 Å². The lowest BCUT2D eigenvalue weighted by atomic mass is 9.97. The molecule has 66 heavy (non-hydrogen) atoms. The van der Waals surface area contributed by atoms with Crippen LogP contribution >= 0.6 is 0 Å². The van der Waals surface area contributed by atoms with Gasteiger partial charge in [-0.1, -0.05) is 13.8 Å². The third kappa shape index (κ3) is 21.8. The molecule has 2 fully saturated rings. The van der Waals surface area contributed by atoms with Crippen molar-refractivity contribution in [3.63, 3.8) is 0 Å². The smallest absolute Gasteiger partial charge is 0.242 e. The normalized spacial score (nSPS) is 25.6. The molecule has 12 N–H and O–H groups in total. The average molecular weight is 953 g/mol. The van der Waals surface area contributed by atoms with Gasteiger partial charge in [-0.3, -0.25) is 33.6 Å². The van der Waals surface area contributed by atoms with E-state index in [-0.39, 0.29) is 115 Å². The predicted molar refractivity (Wildman–Crippen MR) is 227 cm³/mol. The first kappa shape index (κ1) is 58.1. The molecule has 380 valence electrons. The Morgan fingerprint density at radius 3 is 1.52 bits per heavy atom. The first-order valence-corrected chi connectivity index (χ1v) is 22.2. The van der Waals surface area contributed by atoms with Crippen molar-refractivity contribution in [2.75, 3.05) is 72.5 Å². The Hall–Kier alpha value is -3.99. The maximum atomic E-state index is 13.1. The highest BCUT2D eigenvalue weighted by Gasteiger charge is 2.46. The van der Waals surface area contributed by atoms with Crippen molar-refractivity contribution >= 4 is 41.2 Å². The Labute approximate surface area is 383 Å². The topological polar surface area (TPSA) is 368 Å². The molecule has 0 aromatic rings. The van der Waals surface area contributed by atoms with Crippen LogP contribution in [-0.2, 0) is 62.0 Å². The minimum absolute atomic E-state index is 0.00376. The fraction of sp³-hybridized carbons (Fsp3) is 0.829. The number of carbonyl (C=O) groups is 7. The van der Waals surface area contributed by atoms with Gasteiger partial charge in [0.05, 0.1) is 52.9 Å². The molecule has 0 bridgehead atoms. The largest absolute Gasteiger partial charge is 0.394 e. The fourth-order valence-corrected chi connectivity index (χ4v) is 6.68. The summed E-state index contributed by atoms with van der Waals surface area (Å²) in [4.78, 5) is 86.0.